The summed E-state index contributed by atoms with van der Waals surface area (Å²) in [6.07, 6.45) is 2.37. The molecule has 1 aliphatic heterocycles. The molecule has 3 heterocycles. The molecule has 0 amide bonds. The van der Waals surface area contributed by atoms with Gasteiger partial charge >= 0.3 is 0 Å². The van der Waals surface area contributed by atoms with Crippen molar-refractivity contribution in [1.29, 1.82) is 0 Å². The number of para-hydroxylation sites is 1. The lowest BCUT2D eigenvalue weighted by atomic mass is 10.1. The maximum absolute atomic E-state index is 9.46. The number of aliphatic hydroxyl groups is 1. The van der Waals surface area contributed by atoms with Gasteiger partial charge in [0.2, 0.25) is 0 Å². The Kier molecular flexibility index (Phi) is 3.62. The quantitative estimate of drug-likeness (QED) is 0.779. The molecule has 0 radical (unpaired) electrons. The molecule has 1 fully saturated rings. The first-order chi connectivity index (χ1) is 10.8. The van der Waals surface area contributed by atoms with E-state index in [1.54, 1.807) is 11.3 Å². The van der Waals surface area contributed by atoms with E-state index in [1.165, 1.54) is 6.42 Å². The summed E-state index contributed by atoms with van der Waals surface area (Å²) in [7, 11) is 0. The highest BCUT2D eigenvalue weighted by Crippen LogP contribution is 2.33. The Hall–Kier alpha value is -1.82. The van der Waals surface area contributed by atoms with Crippen LogP contribution in [0.5, 0.6) is 0 Å². The normalized spacial score (nSPS) is 18.1. The van der Waals surface area contributed by atoms with Gasteiger partial charge in [-0.25, -0.2) is 4.98 Å². The van der Waals surface area contributed by atoms with E-state index in [2.05, 4.69) is 21.7 Å². The highest BCUT2D eigenvalue weighted by Gasteiger charge is 2.20. The van der Waals surface area contributed by atoms with Crippen LogP contribution in [0.2, 0.25) is 0 Å². The van der Waals surface area contributed by atoms with Crippen molar-refractivity contribution < 1.29 is 5.11 Å². The standard InChI is InChI=1S/C17H17N3OS/c21-9-11-8-13(12-4-1-2-5-14(12)19-11)16-10-22-17(20-16)15-6-3-7-18-15/h1-2,4-5,8,10,15,18,21H,3,6-7,9H2/t15-/m0/s1. The molecule has 0 unspecified atom stereocenters. The third kappa shape index (κ3) is 2.41. The predicted molar refractivity (Wildman–Crippen MR) is 88.8 cm³/mol. The van der Waals surface area contributed by atoms with Crippen molar-refractivity contribution in [2.45, 2.75) is 25.5 Å². The second kappa shape index (κ2) is 5.76. The van der Waals surface area contributed by atoms with Gasteiger partial charge in [0.05, 0.1) is 29.6 Å². The molecule has 1 atom stereocenters. The zero-order valence-electron chi connectivity index (χ0n) is 12.1. The molecule has 22 heavy (non-hydrogen) atoms. The van der Waals surface area contributed by atoms with Gasteiger partial charge in [0, 0.05) is 16.3 Å². The van der Waals surface area contributed by atoms with Crippen LogP contribution in [-0.2, 0) is 6.61 Å². The summed E-state index contributed by atoms with van der Waals surface area (Å²) < 4.78 is 0. The number of nitrogens with one attached hydrogen (secondary N) is 1. The molecule has 0 saturated carbocycles. The second-order valence-electron chi connectivity index (χ2n) is 5.56. The van der Waals surface area contributed by atoms with E-state index in [4.69, 9.17) is 4.98 Å². The minimum Gasteiger partial charge on any atom is -0.390 e. The lowest BCUT2D eigenvalue weighted by Crippen LogP contribution is -2.12. The van der Waals surface area contributed by atoms with Crippen molar-refractivity contribution in [1.82, 2.24) is 15.3 Å². The second-order valence-corrected chi connectivity index (χ2v) is 6.45. The highest BCUT2D eigenvalue weighted by atomic mass is 32.1. The Labute approximate surface area is 132 Å². The number of hydrogen-bond acceptors (Lipinski definition) is 5. The SMILES string of the molecule is OCc1cc(-c2csc([C@@H]3CCCN3)n2)c2ccccc2n1. The van der Waals surface area contributed by atoms with Gasteiger partial charge in [-0.3, -0.25) is 4.98 Å². The van der Waals surface area contributed by atoms with E-state index >= 15 is 0 Å². The molecule has 3 aromatic rings. The smallest absolute Gasteiger partial charge is 0.110 e. The molecular weight excluding hydrogens is 294 g/mol. The highest BCUT2D eigenvalue weighted by molar-refractivity contribution is 7.10. The summed E-state index contributed by atoms with van der Waals surface area (Å²) >= 11 is 1.71. The molecule has 0 bridgehead atoms. The molecule has 1 aromatic carbocycles. The lowest BCUT2D eigenvalue weighted by Gasteiger charge is -2.07. The molecule has 0 aliphatic carbocycles. The number of aliphatic hydroxyl groups excluding tert-OH is 1. The fraction of sp³-hybridized carbons (Fsp3) is 0.294. The van der Waals surface area contributed by atoms with Gasteiger partial charge in [-0.05, 0) is 31.5 Å². The minimum atomic E-state index is -0.0565. The van der Waals surface area contributed by atoms with Crippen LogP contribution in [0.25, 0.3) is 22.2 Å². The van der Waals surface area contributed by atoms with Crippen LogP contribution < -0.4 is 5.32 Å². The fourth-order valence-electron chi connectivity index (χ4n) is 2.99. The molecule has 0 spiro atoms. The molecule has 1 aliphatic rings. The molecule has 2 N–H and O–H groups in total. The topological polar surface area (TPSA) is 58.0 Å². The van der Waals surface area contributed by atoms with Crippen molar-refractivity contribution >= 4 is 22.2 Å². The first-order valence-electron chi connectivity index (χ1n) is 7.54. The Morgan fingerprint density at radius 1 is 1.27 bits per heavy atom. The number of rotatable bonds is 3. The minimum absolute atomic E-state index is 0.0565. The van der Waals surface area contributed by atoms with Gasteiger partial charge < -0.3 is 10.4 Å². The van der Waals surface area contributed by atoms with Crippen molar-refractivity contribution in [3.63, 3.8) is 0 Å². The van der Waals surface area contributed by atoms with Crippen molar-refractivity contribution in [3.8, 4) is 11.3 Å². The number of fused-ring (bicyclic) bond motifs is 1. The summed E-state index contributed by atoms with van der Waals surface area (Å²) in [5.41, 5.74) is 3.61. The van der Waals surface area contributed by atoms with E-state index < -0.39 is 0 Å². The van der Waals surface area contributed by atoms with Gasteiger partial charge in [-0.2, -0.15) is 0 Å². The van der Waals surface area contributed by atoms with Gasteiger partial charge in [-0.15, -0.1) is 11.3 Å². The van der Waals surface area contributed by atoms with Crippen LogP contribution in [0, 0.1) is 0 Å². The number of pyridine rings is 1. The monoisotopic (exact) mass is 311 g/mol. The zero-order valence-corrected chi connectivity index (χ0v) is 12.9. The number of hydrogen-bond donors (Lipinski definition) is 2. The third-order valence-corrected chi connectivity index (χ3v) is 5.05. The largest absolute Gasteiger partial charge is 0.390 e. The van der Waals surface area contributed by atoms with Crippen LogP contribution >= 0.6 is 11.3 Å². The maximum Gasteiger partial charge on any atom is 0.110 e. The molecular formula is C17H17N3OS. The van der Waals surface area contributed by atoms with Crippen molar-refractivity contribution in [3.05, 3.63) is 46.4 Å². The van der Waals surface area contributed by atoms with Gasteiger partial charge in [-0.1, -0.05) is 18.2 Å². The van der Waals surface area contributed by atoms with Gasteiger partial charge in [0.15, 0.2) is 0 Å². The maximum atomic E-state index is 9.46. The van der Waals surface area contributed by atoms with E-state index in [0.717, 1.165) is 40.1 Å². The van der Waals surface area contributed by atoms with Crippen molar-refractivity contribution in [2.24, 2.45) is 0 Å². The molecule has 4 rings (SSSR count). The van der Waals surface area contributed by atoms with Crippen molar-refractivity contribution in [2.75, 3.05) is 6.54 Å². The Balaban J connectivity index is 1.82. The Morgan fingerprint density at radius 2 is 2.18 bits per heavy atom. The molecule has 112 valence electrons. The molecule has 5 heteroatoms. The van der Waals surface area contributed by atoms with E-state index in [1.807, 2.05) is 24.3 Å². The van der Waals surface area contributed by atoms with Crippen LogP contribution in [0.4, 0.5) is 0 Å². The van der Waals surface area contributed by atoms with E-state index in [9.17, 15) is 5.11 Å². The molecule has 4 nitrogen and oxygen atoms in total. The van der Waals surface area contributed by atoms with Gasteiger partial charge in [0.1, 0.15) is 5.01 Å². The number of benzene rings is 1. The first kappa shape index (κ1) is 13.8. The van der Waals surface area contributed by atoms with Gasteiger partial charge in [0.25, 0.3) is 0 Å². The Morgan fingerprint density at radius 3 is 3.00 bits per heavy atom. The first-order valence-corrected chi connectivity index (χ1v) is 8.42. The fourth-order valence-corrected chi connectivity index (χ4v) is 3.92. The summed E-state index contributed by atoms with van der Waals surface area (Å²) in [6.45, 7) is 1.02. The van der Waals surface area contributed by atoms with Crippen LogP contribution in [0.1, 0.15) is 29.6 Å². The van der Waals surface area contributed by atoms with Crippen LogP contribution in [-0.4, -0.2) is 21.6 Å². The van der Waals surface area contributed by atoms with Crippen LogP contribution in [0.3, 0.4) is 0 Å². The van der Waals surface area contributed by atoms with Crippen LogP contribution in [0.15, 0.2) is 35.7 Å². The summed E-state index contributed by atoms with van der Waals surface area (Å²) in [5, 5.41) is 17.3. The Bertz CT molecular complexity index is 809. The summed E-state index contributed by atoms with van der Waals surface area (Å²) in [5.74, 6) is 0. The number of nitrogens with zero attached hydrogens (tertiary/aromatic N) is 2. The predicted octanol–water partition coefficient (Wildman–Crippen LogP) is 3.28. The third-order valence-electron chi connectivity index (χ3n) is 4.09. The number of thiazole rings is 1. The average Bonchev–Trinajstić information content (AvgIpc) is 3.24. The zero-order chi connectivity index (χ0) is 14.9. The van der Waals surface area contributed by atoms with E-state index in [-0.39, 0.29) is 6.61 Å². The number of aromatic nitrogens is 2. The average molecular weight is 311 g/mol. The molecule has 1 saturated heterocycles. The summed E-state index contributed by atoms with van der Waals surface area (Å²) in [6, 6.07) is 10.4. The lowest BCUT2D eigenvalue weighted by molar-refractivity contribution is 0.277. The molecule has 2 aromatic heterocycles. The summed E-state index contributed by atoms with van der Waals surface area (Å²) in [4.78, 5) is 9.31. The van der Waals surface area contributed by atoms with E-state index in [0.29, 0.717) is 11.7 Å².